The molecule has 6 heteroatoms. The molecule has 3 heterocycles. The van der Waals surface area contributed by atoms with E-state index in [1.54, 1.807) is 0 Å². The first-order valence-electron chi connectivity index (χ1n) is 9.72. The lowest BCUT2D eigenvalue weighted by atomic mass is 9.96. The molecule has 2 aromatic rings. The predicted molar refractivity (Wildman–Crippen MR) is 101 cm³/mol. The highest BCUT2D eigenvalue weighted by molar-refractivity contribution is 5.82. The number of amides is 1. The number of ether oxygens (including phenoxy) is 1. The molecule has 0 radical (unpaired) electrons. The zero-order valence-electron chi connectivity index (χ0n) is 15.6. The Labute approximate surface area is 154 Å². The first-order valence-corrected chi connectivity index (χ1v) is 9.72. The van der Waals surface area contributed by atoms with E-state index >= 15 is 0 Å². The summed E-state index contributed by atoms with van der Waals surface area (Å²) in [6, 6.07) is 8.46. The molecule has 2 aliphatic heterocycles. The molecule has 2 atom stereocenters. The number of benzene rings is 1. The number of hydrogen-bond donors (Lipinski definition) is 1. The van der Waals surface area contributed by atoms with Crippen LogP contribution in [-0.2, 0) is 9.53 Å². The van der Waals surface area contributed by atoms with E-state index in [-0.39, 0.29) is 17.9 Å². The summed E-state index contributed by atoms with van der Waals surface area (Å²) in [7, 11) is 0. The van der Waals surface area contributed by atoms with Gasteiger partial charge in [-0.15, -0.1) is 0 Å². The summed E-state index contributed by atoms with van der Waals surface area (Å²) in [5.74, 6) is 1.57. The van der Waals surface area contributed by atoms with Crippen LogP contribution in [0.5, 0.6) is 0 Å². The summed E-state index contributed by atoms with van der Waals surface area (Å²) >= 11 is 0. The van der Waals surface area contributed by atoms with Crippen LogP contribution in [0.2, 0.25) is 0 Å². The number of carbonyl (C=O) groups excluding carboxylic acids is 1. The Balaban J connectivity index is 1.59. The molecule has 0 aliphatic carbocycles. The van der Waals surface area contributed by atoms with E-state index in [9.17, 15) is 4.79 Å². The molecule has 0 saturated carbocycles. The van der Waals surface area contributed by atoms with Crippen LogP contribution in [-0.4, -0.2) is 59.2 Å². The summed E-state index contributed by atoms with van der Waals surface area (Å²) in [5, 5.41) is 3.28. The van der Waals surface area contributed by atoms with Crippen molar-refractivity contribution in [3.63, 3.8) is 0 Å². The number of nitrogens with zero attached hydrogens (tertiary/aromatic N) is 3. The molecule has 0 spiro atoms. The molecule has 1 aromatic heterocycles. The number of piperidine rings is 1. The highest BCUT2D eigenvalue weighted by atomic mass is 16.5. The number of likely N-dealkylation sites (tertiary alicyclic amines) is 1. The molecule has 2 fully saturated rings. The van der Waals surface area contributed by atoms with E-state index < -0.39 is 0 Å². The van der Waals surface area contributed by atoms with Crippen molar-refractivity contribution in [2.24, 2.45) is 0 Å². The minimum absolute atomic E-state index is 0.168. The van der Waals surface area contributed by atoms with Gasteiger partial charge in [-0.1, -0.05) is 12.1 Å². The van der Waals surface area contributed by atoms with E-state index in [2.05, 4.69) is 41.9 Å². The third kappa shape index (κ3) is 3.23. The Hall–Kier alpha value is -1.92. The number of imidazole rings is 1. The van der Waals surface area contributed by atoms with Crippen molar-refractivity contribution < 1.29 is 9.53 Å². The number of carbonyl (C=O) groups is 1. The maximum atomic E-state index is 12.9. The minimum Gasteiger partial charge on any atom is -0.378 e. The number of rotatable bonds is 3. The Kier molecular flexibility index (Phi) is 4.96. The lowest BCUT2D eigenvalue weighted by Gasteiger charge is -2.36. The second kappa shape index (κ2) is 7.37. The zero-order valence-corrected chi connectivity index (χ0v) is 15.6. The molecule has 1 N–H and O–H groups in total. The second-order valence-corrected chi connectivity index (χ2v) is 7.63. The predicted octanol–water partition coefficient (Wildman–Crippen LogP) is 2.31. The van der Waals surface area contributed by atoms with Crippen molar-refractivity contribution in [3.8, 4) is 0 Å². The summed E-state index contributed by atoms with van der Waals surface area (Å²) in [5.41, 5.74) is 2.23. The largest absolute Gasteiger partial charge is 0.378 e. The van der Waals surface area contributed by atoms with Crippen molar-refractivity contribution in [3.05, 3.63) is 30.1 Å². The number of nitrogens with one attached hydrogen (secondary N) is 1. The fraction of sp³-hybridized carbons (Fsp3) is 0.600. The van der Waals surface area contributed by atoms with Gasteiger partial charge in [-0.25, -0.2) is 4.98 Å². The van der Waals surface area contributed by atoms with Crippen LogP contribution >= 0.6 is 0 Å². The average Bonchev–Trinajstić information content (AvgIpc) is 3.08. The third-order valence-corrected chi connectivity index (χ3v) is 5.46. The molecule has 26 heavy (non-hydrogen) atoms. The molecule has 1 amide bonds. The van der Waals surface area contributed by atoms with Crippen molar-refractivity contribution in [2.45, 2.75) is 44.7 Å². The SMILES string of the molecule is CC(C)n1c(C2CCCN(C(=O)C3COCCN3)C2)nc2ccccc21. The molecule has 2 saturated heterocycles. The van der Waals surface area contributed by atoms with Crippen LogP contribution in [0.15, 0.2) is 24.3 Å². The van der Waals surface area contributed by atoms with Crippen LogP contribution in [0.3, 0.4) is 0 Å². The molecule has 6 nitrogen and oxygen atoms in total. The standard InChI is InChI=1S/C20H28N4O2/c1-14(2)24-18-8-4-3-7-16(18)22-19(24)15-6-5-10-23(12-15)20(25)17-13-26-11-9-21-17/h3-4,7-8,14-15,17,21H,5-6,9-13H2,1-2H3. The van der Waals surface area contributed by atoms with Gasteiger partial charge in [0.2, 0.25) is 5.91 Å². The van der Waals surface area contributed by atoms with Gasteiger partial charge < -0.3 is 19.5 Å². The van der Waals surface area contributed by atoms with Crippen LogP contribution in [0.25, 0.3) is 11.0 Å². The molecule has 4 rings (SSSR count). The Morgan fingerprint density at radius 2 is 2.19 bits per heavy atom. The van der Waals surface area contributed by atoms with E-state index in [0.29, 0.717) is 19.3 Å². The van der Waals surface area contributed by atoms with Crippen LogP contribution in [0.4, 0.5) is 0 Å². The molecular weight excluding hydrogens is 328 g/mol. The highest BCUT2D eigenvalue weighted by Crippen LogP contribution is 2.31. The lowest BCUT2D eigenvalue weighted by Crippen LogP contribution is -2.54. The van der Waals surface area contributed by atoms with Crippen LogP contribution < -0.4 is 5.32 Å². The topological polar surface area (TPSA) is 59.4 Å². The average molecular weight is 356 g/mol. The number of hydrogen-bond acceptors (Lipinski definition) is 4. The number of para-hydroxylation sites is 2. The highest BCUT2D eigenvalue weighted by Gasteiger charge is 2.32. The third-order valence-electron chi connectivity index (χ3n) is 5.46. The van der Waals surface area contributed by atoms with Gasteiger partial charge in [-0.05, 0) is 38.8 Å². The molecule has 2 aliphatic rings. The fourth-order valence-corrected chi connectivity index (χ4v) is 4.23. The van der Waals surface area contributed by atoms with Crippen molar-refractivity contribution in [1.82, 2.24) is 19.8 Å². The van der Waals surface area contributed by atoms with Gasteiger partial charge >= 0.3 is 0 Å². The van der Waals surface area contributed by atoms with Gasteiger partial charge in [0.15, 0.2) is 0 Å². The molecule has 0 bridgehead atoms. The monoisotopic (exact) mass is 356 g/mol. The Morgan fingerprint density at radius 3 is 2.96 bits per heavy atom. The van der Waals surface area contributed by atoms with Crippen LogP contribution in [0, 0.1) is 0 Å². The van der Waals surface area contributed by atoms with Gasteiger partial charge in [-0.3, -0.25) is 4.79 Å². The van der Waals surface area contributed by atoms with Gasteiger partial charge in [-0.2, -0.15) is 0 Å². The maximum absolute atomic E-state index is 12.9. The summed E-state index contributed by atoms with van der Waals surface area (Å²) in [4.78, 5) is 19.8. The molecule has 1 aromatic carbocycles. The van der Waals surface area contributed by atoms with E-state index in [4.69, 9.17) is 9.72 Å². The number of morpholine rings is 1. The molecular formula is C20H28N4O2. The Bertz CT molecular complexity index is 779. The van der Waals surface area contributed by atoms with Gasteiger partial charge in [0.25, 0.3) is 0 Å². The van der Waals surface area contributed by atoms with Gasteiger partial charge in [0.1, 0.15) is 11.9 Å². The second-order valence-electron chi connectivity index (χ2n) is 7.63. The summed E-state index contributed by atoms with van der Waals surface area (Å²) in [6.45, 7) is 7.88. The quantitative estimate of drug-likeness (QED) is 0.917. The van der Waals surface area contributed by atoms with E-state index in [0.717, 1.165) is 43.8 Å². The lowest BCUT2D eigenvalue weighted by molar-refractivity contribution is -0.137. The van der Waals surface area contributed by atoms with Gasteiger partial charge in [0, 0.05) is 31.6 Å². The van der Waals surface area contributed by atoms with Crippen LogP contribution in [0.1, 0.15) is 44.5 Å². The van der Waals surface area contributed by atoms with E-state index in [1.165, 1.54) is 5.52 Å². The normalized spacial score (nSPS) is 24.3. The summed E-state index contributed by atoms with van der Waals surface area (Å²) < 4.78 is 7.81. The molecule has 2 unspecified atom stereocenters. The van der Waals surface area contributed by atoms with E-state index in [1.807, 2.05) is 11.0 Å². The number of fused-ring (bicyclic) bond motifs is 1. The minimum atomic E-state index is -0.202. The fourth-order valence-electron chi connectivity index (χ4n) is 4.23. The van der Waals surface area contributed by atoms with Crippen molar-refractivity contribution in [2.75, 3.05) is 32.8 Å². The number of aromatic nitrogens is 2. The molecule has 140 valence electrons. The maximum Gasteiger partial charge on any atom is 0.242 e. The van der Waals surface area contributed by atoms with Gasteiger partial charge in [0.05, 0.1) is 24.2 Å². The summed E-state index contributed by atoms with van der Waals surface area (Å²) in [6.07, 6.45) is 2.10. The Morgan fingerprint density at radius 1 is 1.35 bits per heavy atom. The first-order chi connectivity index (χ1) is 12.6. The first kappa shape index (κ1) is 17.5. The zero-order chi connectivity index (χ0) is 18.1. The smallest absolute Gasteiger partial charge is 0.242 e. The van der Waals surface area contributed by atoms with Crippen molar-refractivity contribution >= 4 is 16.9 Å². The van der Waals surface area contributed by atoms with Crippen molar-refractivity contribution in [1.29, 1.82) is 0 Å².